The fraction of sp³-hybridized carbons (Fsp3) is 0.111. The fourth-order valence-corrected chi connectivity index (χ4v) is 3.38. The molecule has 7 nitrogen and oxygen atoms in total. The second kappa shape index (κ2) is 6.76. The number of hydrogen-bond donors (Lipinski definition) is 2. The molecule has 0 saturated carbocycles. The molecule has 3 aromatic heterocycles. The van der Waals surface area contributed by atoms with E-state index in [-0.39, 0.29) is 11.8 Å². The molecule has 136 valence electrons. The predicted octanol–water partition coefficient (Wildman–Crippen LogP) is 2.94. The van der Waals surface area contributed by atoms with Crippen LogP contribution in [0.3, 0.4) is 0 Å². The van der Waals surface area contributed by atoms with Crippen molar-refractivity contribution in [3.05, 3.63) is 53.9 Å². The summed E-state index contributed by atoms with van der Waals surface area (Å²) in [5, 5.41) is 4.81. The Morgan fingerprint density at radius 1 is 1.26 bits per heavy atom. The average molecular weight is 382 g/mol. The van der Waals surface area contributed by atoms with Gasteiger partial charge < -0.3 is 11.1 Å². The Kier molecular flexibility index (Phi) is 4.28. The maximum absolute atomic E-state index is 13.3. The van der Waals surface area contributed by atoms with Gasteiger partial charge in [-0.15, -0.1) is 11.3 Å². The van der Waals surface area contributed by atoms with Crippen LogP contribution in [0.5, 0.6) is 0 Å². The van der Waals surface area contributed by atoms with Crippen molar-refractivity contribution >= 4 is 28.2 Å². The van der Waals surface area contributed by atoms with E-state index in [0.717, 1.165) is 16.2 Å². The maximum Gasteiger partial charge on any atom is 0.239 e. The molecule has 4 aromatic rings. The molecule has 3 heterocycles. The number of aromatic nitrogens is 4. The third-order valence-electron chi connectivity index (χ3n) is 4.05. The normalized spacial score (nSPS) is 12.2. The molecule has 1 aromatic carbocycles. The van der Waals surface area contributed by atoms with Crippen molar-refractivity contribution in [3.8, 4) is 22.6 Å². The second-order valence-electron chi connectivity index (χ2n) is 5.91. The molecule has 0 saturated heterocycles. The largest absolute Gasteiger partial charge is 0.368 e. The number of carbonyl (C=O) groups excluding carboxylic acids is 1. The first kappa shape index (κ1) is 17.1. The number of hydrogen-bond acceptors (Lipinski definition) is 6. The summed E-state index contributed by atoms with van der Waals surface area (Å²) >= 11 is 1.49. The number of nitrogens with one attached hydrogen (secondary N) is 1. The lowest BCUT2D eigenvalue weighted by Gasteiger charge is -2.11. The minimum absolute atomic E-state index is 0.286. The van der Waals surface area contributed by atoms with Crippen molar-refractivity contribution in [2.45, 2.75) is 13.0 Å². The highest BCUT2D eigenvalue weighted by Crippen LogP contribution is 2.33. The smallest absolute Gasteiger partial charge is 0.239 e. The van der Waals surface area contributed by atoms with Crippen LogP contribution in [0.25, 0.3) is 27.6 Å². The molecule has 3 N–H and O–H groups in total. The molecule has 0 fully saturated rings. The number of thiazole rings is 1. The lowest BCUT2D eigenvalue weighted by Crippen LogP contribution is -2.33. The Balaban J connectivity index is 1.83. The zero-order valence-corrected chi connectivity index (χ0v) is 15.1. The highest BCUT2D eigenvalue weighted by Gasteiger charge is 2.19. The van der Waals surface area contributed by atoms with Gasteiger partial charge >= 0.3 is 0 Å². The molecule has 0 unspecified atom stereocenters. The molecule has 27 heavy (non-hydrogen) atoms. The number of amides is 1. The summed E-state index contributed by atoms with van der Waals surface area (Å²) in [6.45, 7) is 1.64. The first-order chi connectivity index (χ1) is 13.0. The van der Waals surface area contributed by atoms with E-state index in [1.165, 1.54) is 23.5 Å². The maximum atomic E-state index is 13.3. The summed E-state index contributed by atoms with van der Waals surface area (Å²) in [7, 11) is 0. The molecular weight excluding hydrogens is 367 g/mol. The zero-order chi connectivity index (χ0) is 19.0. The van der Waals surface area contributed by atoms with E-state index in [1.807, 2.05) is 16.0 Å². The molecular formula is C18H15FN6OS. The minimum Gasteiger partial charge on any atom is -0.368 e. The van der Waals surface area contributed by atoms with Gasteiger partial charge in [-0.1, -0.05) is 0 Å². The van der Waals surface area contributed by atoms with Crippen molar-refractivity contribution in [2.24, 2.45) is 5.73 Å². The average Bonchev–Trinajstić information content (AvgIpc) is 3.23. The number of nitrogens with zero attached hydrogens (tertiary/aromatic N) is 4. The number of imidazole rings is 1. The van der Waals surface area contributed by atoms with Crippen LogP contribution in [-0.4, -0.2) is 31.3 Å². The number of anilines is 1. The van der Waals surface area contributed by atoms with Gasteiger partial charge in [0, 0.05) is 23.3 Å². The van der Waals surface area contributed by atoms with Crippen molar-refractivity contribution in [3.63, 3.8) is 0 Å². The van der Waals surface area contributed by atoms with Crippen molar-refractivity contribution in [1.29, 1.82) is 0 Å². The van der Waals surface area contributed by atoms with Crippen LogP contribution in [0.15, 0.2) is 48.1 Å². The molecule has 9 heteroatoms. The molecule has 4 rings (SSSR count). The van der Waals surface area contributed by atoms with Gasteiger partial charge in [0.15, 0.2) is 4.96 Å². The number of carbonyl (C=O) groups is 1. The summed E-state index contributed by atoms with van der Waals surface area (Å²) in [5.74, 6) is -0.523. The molecule has 0 aliphatic heterocycles. The van der Waals surface area contributed by atoms with Crippen LogP contribution in [0.1, 0.15) is 6.92 Å². The fourth-order valence-electron chi connectivity index (χ4n) is 2.66. The predicted molar refractivity (Wildman–Crippen MR) is 102 cm³/mol. The Morgan fingerprint density at radius 3 is 2.78 bits per heavy atom. The summed E-state index contributed by atoms with van der Waals surface area (Å²) in [5.41, 5.74) is 8.14. The molecule has 0 spiro atoms. The minimum atomic E-state index is -0.608. The van der Waals surface area contributed by atoms with Crippen LogP contribution in [0, 0.1) is 5.82 Å². The first-order valence-electron chi connectivity index (χ1n) is 8.13. The number of nitrogens with two attached hydrogens (primary N) is 1. The van der Waals surface area contributed by atoms with E-state index in [9.17, 15) is 9.18 Å². The lowest BCUT2D eigenvalue weighted by atomic mass is 10.1. The molecule has 0 aliphatic rings. The van der Waals surface area contributed by atoms with Crippen molar-refractivity contribution < 1.29 is 9.18 Å². The zero-order valence-electron chi connectivity index (χ0n) is 14.3. The standard InChI is InChI=1S/C18H15FN6OS/c1-10(16(20)26)22-17-21-7-6-13(23-17)15-14(11-2-4-12(19)5-3-11)24-18-25(15)8-9-27-18/h2-10H,1H3,(H2,20,26)(H,21,22,23)/t10-/m1/s1. The lowest BCUT2D eigenvalue weighted by molar-refractivity contribution is -0.118. The van der Waals surface area contributed by atoms with Gasteiger partial charge in [-0.25, -0.2) is 19.3 Å². The van der Waals surface area contributed by atoms with E-state index in [0.29, 0.717) is 11.4 Å². The highest BCUT2D eigenvalue weighted by molar-refractivity contribution is 7.15. The van der Waals surface area contributed by atoms with E-state index >= 15 is 0 Å². The van der Waals surface area contributed by atoms with Gasteiger partial charge in [0.1, 0.15) is 17.6 Å². The quantitative estimate of drug-likeness (QED) is 0.553. The van der Waals surface area contributed by atoms with E-state index in [2.05, 4.69) is 20.3 Å². The van der Waals surface area contributed by atoms with Crippen LogP contribution < -0.4 is 11.1 Å². The Bertz CT molecular complexity index is 1120. The number of primary amides is 1. The Hall–Kier alpha value is -3.33. The number of halogens is 1. The Morgan fingerprint density at radius 2 is 2.04 bits per heavy atom. The molecule has 0 aliphatic carbocycles. The highest BCUT2D eigenvalue weighted by atomic mass is 32.1. The third kappa shape index (κ3) is 3.24. The Labute approximate surface area is 157 Å². The summed E-state index contributed by atoms with van der Waals surface area (Å²) in [6, 6.07) is 7.31. The van der Waals surface area contributed by atoms with E-state index in [4.69, 9.17) is 5.73 Å². The SMILES string of the molecule is C[C@@H](Nc1nccc(-c2c(-c3ccc(F)cc3)nc3sccn23)n1)C(N)=O. The first-order valence-corrected chi connectivity index (χ1v) is 9.01. The van der Waals surface area contributed by atoms with Gasteiger partial charge in [-0.3, -0.25) is 9.20 Å². The molecule has 0 bridgehead atoms. The van der Waals surface area contributed by atoms with E-state index in [1.54, 1.807) is 31.3 Å². The second-order valence-corrected chi connectivity index (χ2v) is 6.78. The summed E-state index contributed by atoms with van der Waals surface area (Å²) in [6.07, 6.45) is 3.50. The van der Waals surface area contributed by atoms with E-state index < -0.39 is 11.9 Å². The van der Waals surface area contributed by atoms with Gasteiger partial charge in [-0.05, 0) is 37.3 Å². The van der Waals surface area contributed by atoms with Gasteiger partial charge in [-0.2, -0.15) is 0 Å². The molecule has 1 amide bonds. The van der Waals surface area contributed by atoms with Crippen LogP contribution >= 0.6 is 11.3 Å². The van der Waals surface area contributed by atoms with Crippen molar-refractivity contribution in [1.82, 2.24) is 19.4 Å². The van der Waals surface area contributed by atoms with Crippen LogP contribution in [0.4, 0.5) is 10.3 Å². The topological polar surface area (TPSA) is 98.2 Å². The molecule has 1 atom stereocenters. The van der Waals surface area contributed by atoms with Crippen LogP contribution in [0.2, 0.25) is 0 Å². The van der Waals surface area contributed by atoms with Gasteiger partial charge in [0.25, 0.3) is 0 Å². The third-order valence-corrected chi connectivity index (χ3v) is 4.81. The van der Waals surface area contributed by atoms with Crippen molar-refractivity contribution in [2.75, 3.05) is 5.32 Å². The number of rotatable bonds is 5. The van der Waals surface area contributed by atoms with Crippen LogP contribution in [-0.2, 0) is 4.79 Å². The molecule has 0 radical (unpaired) electrons. The monoisotopic (exact) mass is 382 g/mol. The summed E-state index contributed by atoms with van der Waals surface area (Å²) < 4.78 is 15.2. The summed E-state index contributed by atoms with van der Waals surface area (Å²) in [4.78, 5) is 25.4. The number of benzene rings is 1. The number of fused-ring (bicyclic) bond motifs is 1. The van der Waals surface area contributed by atoms with Gasteiger partial charge in [0.2, 0.25) is 11.9 Å². The van der Waals surface area contributed by atoms with Gasteiger partial charge in [0.05, 0.1) is 11.4 Å².